The lowest BCUT2D eigenvalue weighted by Gasteiger charge is -2.15. The summed E-state index contributed by atoms with van der Waals surface area (Å²) in [7, 11) is -4.41. The Morgan fingerprint density at radius 3 is 1.58 bits per heavy atom. The van der Waals surface area contributed by atoms with Crippen molar-refractivity contribution in [2.75, 3.05) is 26.4 Å². The van der Waals surface area contributed by atoms with Gasteiger partial charge in [0.05, 0.1) is 13.2 Å². The fourth-order valence-electron chi connectivity index (χ4n) is 5.79. The average Bonchev–Trinajstić information content (AvgIpc) is 3.10. The van der Waals surface area contributed by atoms with E-state index in [0.717, 1.165) is 64.2 Å². The van der Waals surface area contributed by atoms with Gasteiger partial charge < -0.3 is 20.1 Å². The van der Waals surface area contributed by atoms with E-state index in [1.54, 1.807) is 0 Å². The second-order valence-electron chi connectivity index (χ2n) is 14.0. The number of nitrogens with one attached hydrogen (secondary N) is 1. The van der Waals surface area contributed by atoms with Crippen LogP contribution in [0.15, 0.2) is 12.2 Å². The molecule has 3 N–H and O–H groups in total. The summed E-state index contributed by atoms with van der Waals surface area (Å²) in [4.78, 5) is 33.8. The molecular weight excluding hydrogens is 653 g/mol. The largest absolute Gasteiger partial charge is 0.472 e. The molecular formula is C40H78NO8P. The number of ether oxygens (including phenoxy) is 1. The Bertz CT molecular complexity index is 840. The molecule has 0 saturated heterocycles. The Balaban J connectivity index is 3.55. The zero-order valence-electron chi connectivity index (χ0n) is 32.4. The molecule has 0 aromatic heterocycles. The summed E-state index contributed by atoms with van der Waals surface area (Å²) in [6.07, 6.45) is 37.2. The molecule has 2 atom stereocenters. The second-order valence-corrected chi connectivity index (χ2v) is 15.4. The van der Waals surface area contributed by atoms with Gasteiger partial charge in [-0.1, -0.05) is 167 Å². The highest BCUT2D eigenvalue weighted by molar-refractivity contribution is 7.47. The maximum absolute atomic E-state index is 12.1. The Hall–Kier alpha value is -1.25. The van der Waals surface area contributed by atoms with Crippen LogP contribution in [-0.4, -0.2) is 54.3 Å². The van der Waals surface area contributed by atoms with E-state index in [9.17, 15) is 24.2 Å². The summed E-state index contributed by atoms with van der Waals surface area (Å²) in [5.74, 6) is -0.521. The van der Waals surface area contributed by atoms with Crippen LogP contribution < -0.4 is 5.32 Å². The number of carbonyl (C=O) groups excluding carboxylic acids is 2. The van der Waals surface area contributed by atoms with Gasteiger partial charge in [0.2, 0.25) is 5.91 Å². The maximum atomic E-state index is 12.1. The second kappa shape index (κ2) is 37.5. The predicted octanol–water partition coefficient (Wildman–Crippen LogP) is 11.0. The number of phosphoric ester groups is 1. The maximum Gasteiger partial charge on any atom is 0.472 e. The molecule has 0 aliphatic heterocycles. The lowest BCUT2D eigenvalue weighted by Crippen LogP contribution is -2.27. The van der Waals surface area contributed by atoms with E-state index in [0.29, 0.717) is 6.42 Å². The molecule has 0 radical (unpaired) electrons. The van der Waals surface area contributed by atoms with Crippen molar-refractivity contribution in [3.63, 3.8) is 0 Å². The topological polar surface area (TPSA) is 131 Å². The van der Waals surface area contributed by atoms with Crippen LogP contribution in [-0.2, 0) is 27.9 Å². The zero-order chi connectivity index (χ0) is 36.8. The van der Waals surface area contributed by atoms with Crippen LogP contribution in [0.25, 0.3) is 0 Å². The van der Waals surface area contributed by atoms with Crippen LogP contribution in [0.2, 0.25) is 0 Å². The van der Waals surface area contributed by atoms with Gasteiger partial charge in [-0.2, -0.15) is 0 Å². The van der Waals surface area contributed by atoms with E-state index >= 15 is 0 Å². The van der Waals surface area contributed by atoms with Gasteiger partial charge in [-0.15, -0.1) is 0 Å². The van der Waals surface area contributed by atoms with Gasteiger partial charge in [-0.05, 0) is 32.1 Å². The molecule has 0 aromatic carbocycles. The summed E-state index contributed by atoms with van der Waals surface area (Å²) >= 11 is 0. The first-order valence-corrected chi connectivity index (χ1v) is 22.2. The lowest BCUT2D eigenvalue weighted by molar-refractivity contribution is -0.147. The van der Waals surface area contributed by atoms with Crippen LogP contribution in [0, 0.1) is 0 Å². The van der Waals surface area contributed by atoms with Crippen molar-refractivity contribution in [1.82, 2.24) is 5.32 Å². The Kier molecular flexibility index (Phi) is 36.6. The highest BCUT2D eigenvalue weighted by Gasteiger charge is 2.23. The Morgan fingerprint density at radius 1 is 0.600 bits per heavy atom. The molecule has 0 heterocycles. The molecule has 9 nitrogen and oxygen atoms in total. The molecule has 50 heavy (non-hydrogen) atoms. The van der Waals surface area contributed by atoms with Crippen molar-refractivity contribution in [2.45, 2.75) is 206 Å². The smallest absolute Gasteiger partial charge is 0.463 e. The van der Waals surface area contributed by atoms with E-state index in [4.69, 9.17) is 13.8 Å². The van der Waals surface area contributed by atoms with Gasteiger partial charge in [0.15, 0.2) is 0 Å². The molecule has 296 valence electrons. The monoisotopic (exact) mass is 732 g/mol. The normalized spacial score (nSPS) is 13.4. The van der Waals surface area contributed by atoms with E-state index < -0.39 is 26.5 Å². The van der Waals surface area contributed by atoms with Gasteiger partial charge in [0, 0.05) is 19.4 Å². The molecule has 0 bridgehead atoms. The van der Waals surface area contributed by atoms with Gasteiger partial charge >= 0.3 is 13.8 Å². The standard InChI is InChI=1S/C40H78NO8P/c1-3-5-7-9-11-13-15-16-17-18-19-20-21-22-23-24-26-28-30-32-39(43)41-34-35-48-50(45,46)49-37-38(42)36-47-40(44)33-31-29-27-25-14-12-10-8-6-4-2/h8,10,38,42H,3-7,9,11-37H2,1-2H3,(H,41,43)(H,45,46)/b10-8-. The number of carbonyl (C=O) groups is 2. The zero-order valence-corrected chi connectivity index (χ0v) is 33.3. The quantitative estimate of drug-likeness (QED) is 0.0246. The molecule has 1 amide bonds. The summed E-state index contributed by atoms with van der Waals surface area (Å²) < 4.78 is 26.8. The van der Waals surface area contributed by atoms with Crippen LogP contribution >= 0.6 is 7.82 Å². The van der Waals surface area contributed by atoms with Crippen LogP contribution in [0.5, 0.6) is 0 Å². The van der Waals surface area contributed by atoms with Crippen LogP contribution in [0.4, 0.5) is 0 Å². The van der Waals surface area contributed by atoms with Gasteiger partial charge in [-0.25, -0.2) is 4.57 Å². The number of unbranched alkanes of at least 4 members (excludes halogenated alkanes) is 24. The first-order valence-electron chi connectivity index (χ1n) is 20.7. The third-order valence-corrected chi connectivity index (χ3v) is 9.91. The van der Waals surface area contributed by atoms with Crippen molar-refractivity contribution < 1.29 is 37.9 Å². The molecule has 2 unspecified atom stereocenters. The van der Waals surface area contributed by atoms with Crippen molar-refractivity contribution in [1.29, 1.82) is 0 Å². The first kappa shape index (κ1) is 48.8. The number of amides is 1. The van der Waals surface area contributed by atoms with E-state index in [1.165, 1.54) is 109 Å². The number of allylic oxidation sites excluding steroid dienone is 2. The van der Waals surface area contributed by atoms with Crippen molar-refractivity contribution in [2.24, 2.45) is 0 Å². The Morgan fingerprint density at radius 2 is 1.06 bits per heavy atom. The third kappa shape index (κ3) is 38.0. The number of aliphatic hydroxyl groups is 1. The first-order chi connectivity index (χ1) is 24.3. The summed E-state index contributed by atoms with van der Waals surface area (Å²) in [6.45, 7) is 3.50. The minimum Gasteiger partial charge on any atom is -0.463 e. The summed E-state index contributed by atoms with van der Waals surface area (Å²) in [5.41, 5.74) is 0. The third-order valence-electron chi connectivity index (χ3n) is 8.93. The number of esters is 1. The van der Waals surface area contributed by atoms with Gasteiger partial charge in [0.1, 0.15) is 12.7 Å². The predicted molar refractivity (Wildman–Crippen MR) is 206 cm³/mol. The lowest BCUT2D eigenvalue weighted by atomic mass is 10.0. The van der Waals surface area contributed by atoms with Crippen molar-refractivity contribution in [3.05, 3.63) is 12.2 Å². The number of aliphatic hydroxyl groups excluding tert-OH is 1. The van der Waals surface area contributed by atoms with Crippen molar-refractivity contribution >= 4 is 19.7 Å². The van der Waals surface area contributed by atoms with Gasteiger partial charge in [0.25, 0.3) is 0 Å². The molecule has 0 aliphatic carbocycles. The molecule has 0 fully saturated rings. The fourth-order valence-corrected chi connectivity index (χ4v) is 6.55. The molecule has 10 heteroatoms. The average molecular weight is 732 g/mol. The molecule has 0 aliphatic rings. The van der Waals surface area contributed by atoms with Crippen molar-refractivity contribution in [3.8, 4) is 0 Å². The molecule has 0 spiro atoms. The summed E-state index contributed by atoms with van der Waals surface area (Å²) in [5, 5.41) is 12.6. The molecule has 0 rings (SSSR count). The molecule has 0 aromatic rings. The number of hydrogen-bond donors (Lipinski definition) is 3. The fraction of sp³-hybridized carbons (Fsp3) is 0.900. The van der Waals surface area contributed by atoms with E-state index in [1.807, 2.05) is 0 Å². The number of phosphoric acid groups is 1. The van der Waals surface area contributed by atoms with E-state index in [-0.39, 0.29) is 32.1 Å². The Labute approximate surface area is 307 Å². The number of hydrogen-bond acceptors (Lipinski definition) is 7. The van der Waals surface area contributed by atoms with Gasteiger partial charge in [-0.3, -0.25) is 18.6 Å². The van der Waals surface area contributed by atoms with Crippen LogP contribution in [0.3, 0.4) is 0 Å². The minimum atomic E-state index is -4.41. The SMILES string of the molecule is CCC/C=C\CCCCCCCC(=O)OCC(O)COP(=O)(O)OCCNC(=O)CCCCCCCCCCCCCCCCCCCCC. The van der Waals surface area contributed by atoms with E-state index in [2.05, 4.69) is 31.3 Å². The highest BCUT2D eigenvalue weighted by atomic mass is 31.2. The highest BCUT2D eigenvalue weighted by Crippen LogP contribution is 2.42. The van der Waals surface area contributed by atoms with Crippen LogP contribution in [0.1, 0.15) is 200 Å². The minimum absolute atomic E-state index is 0.0854. The summed E-state index contributed by atoms with van der Waals surface area (Å²) in [6, 6.07) is 0. The number of rotatable bonds is 39. The molecule has 0 saturated carbocycles.